The molecule has 1 saturated heterocycles. The largest absolute Gasteiger partial charge is 0.355 e. The second kappa shape index (κ2) is 7.90. The van der Waals surface area contributed by atoms with Crippen molar-refractivity contribution >= 4 is 17.6 Å². The van der Waals surface area contributed by atoms with Crippen LogP contribution in [0, 0.1) is 17.2 Å². The number of hydrogen-bond donors (Lipinski definition) is 0. The zero-order valence-electron chi connectivity index (χ0n) is 16.9. The summed E-state index contributed by atoms with van der Waals surface area (Å²) < 4.78 is 0. The average molecular weight is 381 g/mol. The van der Waals surface area contributed by atoms with Crippen LogP contribution in [-0.2, 0) is 5.41 Å². The van der Waals surface area contributed by atoms with Gasteiger partial charge in [0.1, 0.15) is 11.6 Å². The molecule has 142 valence electrons. The highest BCUT2D eigenvalue weighted by Crippen LogP contribution is 2.33. The molecule has 2 heterocycles. The van der Waals surface area contributed by atoms with E-state index in [1.807, 2.05) is 6.26 Å². The molecule has 0 atom stereocenters. The highest BCUT2D eigenvalue weighted by atomic mass is 32.2. The maximum absolute atomic E-state index is 9.93. The van der Waals surface area contributed by atoms with Crippen molar-refractivity contribution in [2.75, 3.05) is 24.2 Å². The lowest BCUT2D eigenvalue weighted by Gasteiger charge is -2.32. The molecule has 0 radical (unpaired) electrons. The highest BCUT2D eigenvalue weighted by Gasteiger charge is 2.24. The van der Waals surface area contributed by atoms with E-state index in [9.17, 15) is 5.26 Å². The van der Waals surface area contributed by atoms with Crippen LogP contribution in [0.25, 0.3) is 11.3 Å². The number of nitriles is 1. The van der Waals surface area contributed by atoms with Crippen LogP contribution in [0.15, 0.2) is 29.4 Å². The molecule has 4 nitrogen and oxygen atoms in total. The van der Waals surface area contributed by atoms with Crippen molar-refractivity contribution in [2.45, 2.75) is 51.1 Å². The van der Waals surface area contributed by atoms with Crippen molar-refractivity contribution in [3.8, 4) is 17.3 Å². The number of anilines is 1. The Hall–Kier alpha value is -2.06. The lowest BCUT2D eigenvalue weighted by Crippen LogP contribution is -2.34. The zero-order valence-corrected chi connectivity index (χ0v) is 17.7. The third-order valence-corrected chi connectivity index (χ3v) is 5.82. The first kappa shape index (κ1) is 19.7. The summed E-state index contributed by atoms with van der Waals surface area (Å²) in [5.41, 5.74) is 3.68. The first-order chi connectivity index (χ1) is 12.8. The van der Waals surface area contributed by atoms with E-state index in [-0.39, 0.29) is 5.41 Å². The quantitative estimate of drug-likeness (QED) is 0.536. The molecule has 0 N–H and O–H groups in total. The number of piperidine rings is 1. The van der Waals surface area contributed by atoms with Gasteiger partial charge >= 0.3 is 0 Å². The normalized spacial score (nSPS) is 15.6. The minimum Gasteiger partial charge on any atom is -0.355 e. The molecule has 0 aliphatic carbocycles. The molecule has 1 aromatic carbocycles. The standard InChI is InChI=1S/C22H28N4S/c1-15-10-12-26(13-11-15)20-18(14-23)19(24-21(25-20)27-5)16-6-8-17(9-7-16)22(2,3)4/h6-9,15H,10-13H2,1-5H3. The van der Waals surface area contributed by atoms with Gasteiger partial charge in [-0.25, -0.2) is 9.97 Å². The van der Waals surface area contributed by atoms with Gasteiger partial charge in [-0.2, -0.15) is 5.26 Å². The molecule has 1 aliphatic rings. The molecule has 1 aromatic heterocycles. The lowest BCUT2D eigenvalue weighted by atomic mass is 9.86. The second-order valence-corrected chi connectivity index (χ2v) is 9.14. The summed E-state index contributed by atoms with van der Waals surface area (Å²) >= 11 is 1.52. The Labute approximate surface area is 167 Å². The minimum atomic E-state index is 0.0995. The van der Waals surface area contributed by atoms with Gasteiger partial charge in [0.15, 0.2) is 11.0 Å². The van der Waals surface area contributed by atoms with E-state index < -0.39 is 0 Å². The minimum absolute atomic E-state index is 0.0995. The van der Waals surface area contributed by atoms with Crippen molar-refractivity contribution in [1.29, 1.82) is 5.26 Å². The van der Waals surface area contributed by atoms with Crippen LogP contribution in [0.2, 0.25) is 0 Å². The van der Waals surface area contributed by atoms with E-state index in [0.717, 1.165) is 54.1 Å². The maximum atomic E-state index is 9.93. The summed E-state index contributed by atoms with van der Waals surface area (Å²) in [7, 11) is 0. The molecule has 0 spiro atoms. The monoisotopic (exact) mass is 380 g/mol. The van der Waals surface area contributed by atoms with Crippen molar-refractivity contribution in [3.63, 3.8) is 0 Å². The van der Waals surface area contributed by atoms with Gasteiger partial charge in [-0.05, 0) is 36.0 Å². The molecule has 27 heavy (non-hydrogen) atoms. The van der Waals surface area contributed by atoms with Gasteiger partial charge in [-0.3, -0.25) is 0 Å². The van der Waals surface area contributed by atoms with Crippen LogP contribution in [-0.4, -0.2) is 29.3 Å². The Bertz CT molecular complexity index is 838. The Morgan fingerprint density at radius 1 is 1.11 bits per heavy atom. The van der Waals surface area contributed by atoms with Gasteiger partial charge in [0.25, 0.3) is 0 Å². The van der Waals surface area contributed by atoms with Crippen LogP contribution in [0.1, 0.15) is 51.7 Å². The van der Waals surface area contributed by atoms with Gasteiger partial charge < -0.3 is 4.90 Å². The SMILES string of the molecule is CSc1nc(-c2ccc(C(C)(C)C)cc2)c(C#N)c(N2CCC(C)CC2)n1. The highest BCUT2D eigenvalue weighted by molar-refractivity contribution is 7.98. The maximum Gasteiger partial charge on any atom is 0.189 e. The molecule has 5 heteroatoms. The van der Waals surface area contributed by atoms with Crippen molar-refractivity contribution in [1.82, 2.24) is 9.97 Å². The molecule has 1 aliphatic heterocycles. The number of nitrogens with zero attached hydrogens (tertiary/aromatic N) is 4. The second-order valence-electron chi connectivity index (χ2n) is 8.37. The molecule has 2 aromatic rings. The third-order valence-electron chi connectivity index (χ3n) is 5.27. The molecular weight excluding hydrogens is 352 g/mol. The van der Waals surface area contributed by atoms with Crippen LogP contribution in [0.4, 0.5) is 5.82 Å². The van der Waals surface area contributed by atoms with Crippen LogP contribution < -0.4 is 4.90 Å². The average Bonchev–Trinajstić information content (AvgIpc) is 2.67. The van der Waals surface area contributed by atoms with E-state index in [0.29, 0.717) is 5.56 Å². The van der Waals surface area contributed by atoms with E-state index >= 15 is 0 Å². The number of benzene rings is 1. The summed E-state index contributed by atoms with van der Waals surface area (Å²) in [5.74, 6) is 1.52. The smallest absolute Gasteiger partial charge is 0.189 e. The molecule has 3 rings (SSSR count). The Morgan fingerprint density at radius 2 is 1.74 bits per heavy atom. The summed E-state index contributed by atoms with van der Waals surface area (Å²) in [6, 6.07) is 10.8. The number of rotatable bonds is 3. The number of thioether (sulfide) groups is 1. The molecule has 0 saturated carbocycles. The zero-order chi connectivity index (χ0) is 19.6. The molecule has 0 unspecified atom stereocenters. The van der Waals surface area contributed by atoms with Gasteiger partial charge in [0.2, 0.25) is 0 Å². The van der Waals surface area contributed by atoms with Gasteiger partial charge in [-0.1, -0.05) is 63.7 Å². The first-order valence-corrected chi connectivity index (χ1v) is 10.8. The fourth-order valence-electron chi connectivity index (χ4n) is 3.41. The van der Waals surface area contributed by atoms with E-state index in [1.165, 1.54) is 17.3 Å². The fraction of sp³-hybridized carbons (Fsp3) is 0.500. The Kier molecular flexibility index (Phi) is 5.76. The third kappa shape index (κ3) is 4.27. The van der Waals surface area contributed by atoms with Gasteiger partial charge in [-0.15, -0.1) is 0 Å². The van der Waals surface area contributed by atoms with Crippen molar-refractivity contribution in [3.05, 3.63) is 35.4 Å². The van der Waals surface area contributed by atoms with Crippen molar-refractivity contribution < 1.29 is 0 Å². The molecule has 1 fully saturated rings. The van der Waals surface area contributed by atoms with Crippen LogP contribution in [0.3, 0.4) is 0 Å². The topological polar surface area (TPSA) is 52.8 Å². The molecule has 0 bridgehead atoms. The first-order valence-electron chi connectivity index (χ1n) is 9.55. The van der Waals surface area contributed by atoms with Crippen molar-refractivity contribution in [2.24, 2.45) is 5.92 Å². The summed E-state index contributed by atoms with van der Waals surface area (Å²) in [5, 5.41) is 10.6. The summed E-state index contributed by atoms with van der Waals surface area (Å²) in [4.78, 5) is 11.7. The molecule has 0 amide bonds. The van der Waals surface area contributed by atoms with Gasteiger partial charge in [0, 0.05) is 18.7 Å². The summed E-state index contributed by atoms with van der Waals surface area (Å²) in [6.45, 7) is 10.8. The molecular formula is C22H28N4S. The van der Waals surface area contributed by atoms with Crippen LogP contribution in [0.5, 0.6) is 0 Å². The fourth-order valence-corrected chi connectivity index (χ4v) is 3.77. The predicted molar refractivity (Wildman–Crippen MR) is 113 cm³/mol. The number of hydrogen-bond acceptors (Lipinski definition) is 5. The van der Waals surface area contributed by atoms with Gasteiger partial charge in [0.05, 0.1) is 5.69 Å². The van der Waals surface area contributed by atoms with E-state index in [4.69, 9.17) is 9.97 Å². The number of aromatic nitrogens is 2. The Morgan fingerprint density at radius 3 is 2.26 bits per heavy atom. The summed E-state index contributed by atoms with van der Waals surface area (Å²) in [6.07, 6.45) is 4.26. The lowest BCUT2D eigenvalue weighted by molar-refractivity contribution is 0.436. The van der Waals surface area contributed by atoms with E-state index in [2.05, 4.69) is 62.9 Å². The predicted octanol–water partition coefficient (Wildman–Crippen LogP) is 5.27. The Balaban J connectivity index is 2.07. The van der Waals surface area contributed by atoms with E-state index in [1.54, 1.807) is 0 Å². The van der Waals surface area contributed by atoms with Crippen LogP contribution >= 0.6 is 11.8 Å².